The molecule has 0 bridgehead atoms. The Morgan fingerprint density at radius 1 is 1.24 bits per heavy atom. The summed E-state index contributed by atoms with van der Waals surface area (Å²) in [6.07, 6.45) is 5.01. The number of aryl methyl sites for hydroxylation is 1. The number of rotatable bonds is 5. The topological polar surface area (TPSA) is 93.7 Å². The van der Waals surface area contributed by atoms with Crippen molar-refractivity contribution < 1.29 is 19.1 Å². The fourth-order valence-corrected chi connectivity index (χ4v) is 5.14. The number of thiazole rings is 1. The molecule has 0 spiro atoms. The average Bonchev–Trinajstić information content (AvgIpc) is 3.48. The molecule has 2 aromatic heterocycles. The van der Waals surface area contributed by atoms with Crippen LogP contribution in [0.2, 0.25) is 0 Å². The van der Waals surface area contributed by atoms with Crippen molar-refractivity contribution >= 4 is 23.2 Å². The van der Waals surface area contributed by atoms with Crippen molar-refractivity contribution in [2.75, 3.05) is 19.9 Å². The van der Waals surface area contributed by atoms with E-state index in [2.05, 4.69) is 15.3 Å². The number of benzene rings is 1. The highest BCUT2D eigenvalue weighted by molar-refractivity contribution is 7.17. The SMILES string of the molecule is Cc1nc(-c2cccnc2)sc1C(=O)N1CCCC(C(=O)NCc2ccc3c(c2)OCO3)C1. The lowest BCUT2D eigenvalue weighted by Crippen LogP contribution is -2.45. The molecule has 1 aromatic carbocycles. The Morgan fingerprint density at radius 2 is 2.12 bits per heavy atom. The van der Waals surface area contributed by atoms with E-state index in [1.54, 1.807) is 17.3 Å². The fraction of sp³-hybridized carbons (Fsp3) is 0.333. The van der Waals surface area contributed by atoms with Crippen molar-refractivity contribution in [2.24, 2.45) is 5.92 Å². The van der Waals surface area contributed by atoms with Crippen LogP contribution < -0.4 is 14.8 Å². The van der Waals surface area contributed by atoms with Crippen LogP contribution in [0.5, 0.6) is 11.5 Å². The van der Waals surface area contributed by atoms with E-state index >= 15 is 0 Å². The molecule has 1 atom stereocenters. The molecule has 5 rings (SSSR count). The van der Waals surface area contributed by atoms with E-state index in [-0.39, 0.29) is 24.5 Å². The standard InChI is InChI=1S/C24H24N4O4S/c1-15-21(33-23(27-15)17-4-2-8-25-12-17)24(30)28-9-3-5-18(13-28)22(29)26-11-16-6-7-19-20(10-16)32-14-31-19/h2,4,6-8,10,12,18H,3,5,9,11,13-14H2,1H3,(H,26,29). The maximum Gasteiger partial charge on any atom is 0.265 e. The van der Waals surface area contributed by atoms with Gasteiger partial charge in [0.05, 0.1) is 11.6 Å². The van der Waals surface area contributed by atoms with Gasteiger partial charge in [0.15, 0.2) is 11.5 Å². The number of aromatic nitrogens is 2. The quantitative estimate of drug-likeness (QED) is 0.622. The fourth-order valence-electron chi connectivity index (χ4n) is 4.11. The lowest BCUT2D eigenvalue weighted by molar-refractivity contribution is -0.126. The number of amides is 2. The molecule has 0 saturated carbocycles. The van der Waals surface area contributed by atoms with E-state index in [9.17, 15) is 9.59 Å². The average molecular weight is 465 g/mol. The molecule has 3 aromatic rings. The van der Waals surface area contributed by atoms with Crippen LogP contribution in [0.1, 0.15) is 33.8 Å². The minimum atomic E-state index is -0.234. The highest BCUT2D eigenvalue weighted by Gasteiger charge is 2.30. The Kier molecular flexibility index (Phi) is 5.95. The molecular formula is C24H24N4O4S. The summed E-state index contributed by atoms with van der Waals surface area (Å²) in [5, 5.41) is 3.78. The van der Waals surface area contributed by atoms with Gasteiger partial charge in [-0.05, 0) is 49.6 Å². The summed E-state index contributed by atoms with van der Waals surface area (Å²) < 4.78 is 10.7. The normalized spacial score (nSPS) is 17.1. The molecule has 33 heavy (non-hydrogen) atoms. The molecule has 0 radical (unpaired) electrons. The predicted octanol–water partition coefficient (Wildman–Crippen LogP) is 3.41. The van der Waals surface area contributed by atoms with Gasteiger partial charge in [-0.15, -0.1) is 11.3 Å². The van der Waals surface area contributed by atoms with Crippen LogP contribution in [0.15, 0.2) is 42.7 Å². The van der Waals surface area contributed by atoms with E-state index in [0.717, 1.165) is 34.7 Å². The molecule has 1 N–H and O–H groups in total. The maximum absolute atomic E-state index is 13.2. The second-order valence-corrected chi connectivity index (χ2v) is 9.17. The molecule has 2 amide bonds. The van der Waals surface area contributed by atoms with Crippen molar-refractivity contribution in [1.82, 2.24) is 20.2 Å². The second kappa shape index (κ2) is 9.19. The van der Waals surface area contributed by atoms with Crippen LogP contribution in [-0.2, 0) is 11.3 Å². The molecule has 2 aliphatic rings. The van der Waals surface area contributed by atoms with Gasteiger partial charge in [0.2, 0.25) is 12.7 Å². The minimum Gasteiger partial charge on any atom is -0.454 e. The largest absolute Gasteiger partial charge is 0.454 e. The van der Waals surface area contributed by atoms with Crippen LogP contribution in [0.3, 0.4) is 0 Å². The zero-order valence-corrected chi connectivity index (χ0v) is 19.1. The second-order valence-electron chi connectivity index (χ2n) is 8.17. The summed E-state index contributed by atoms with van der Waals surface area (Å²) in [6, 6.07) is 9.43. The van der Waals surface area contributed by atoms with Crippen LogP contribution in [0.4, 0.5) is 0 Å². The number of hydrogen-bond acceptors (Lipinski definition) is 7. The Labute approximate surface area is 195 Å². The van der Waals surface area contributed by atoms with Gasteiger partial charge in [0.25, 0.3) is 5.91 Å². The summed E-state index contributed by atoms with van der Waals surface area (Å²) in [5.74, 6) is 1.08. The molecule has 1 unspecified atom stereocenters. The molecule has 1 fully saturated rings. The van der Waals surface area contributed by atoms with Gasteiger partial charge in [-0.2, -0.15) is 0 Å². The zero-order valence-electron chi connectivity index (χ0n) is 18.2. The number of carbonyl (C=O) groups is 2. The van der Waals surface area contributed by atoms with Crippen LogP contribution in [0.25, 0.3) is 10.6 Å². The molecule has 170 valence electrons. The van der Waals surface area contributed by atoms with Gasteiger partial charge in [0, 0.05) is 37.6 Å². The third-order valence-electron chi connectivity index (χ3n) is 5.88. The summed E-state index contributed by atoms with van der Waals surface area (Å²) in [5.41, 5.74) is 2.54. The van der Waals surface area contributed by atoms with Crippen molar-refractivity contribution in [2.45, 2.75) is 26.3 Å². The lowest BCUT2D eigenvalue weighted by Gasteiger charge is -2.31. The number of carbonyl (C=O) groups excluding carboxylic acids is 2. The van der Waals surface area contributed by atoms with Gasteiger partial charge in [-0.3, -0.25) is 14.6 Å². The summed E-state index contributed by atoms with van der Waals surface area (Å²) >= 11 is 1.38. The van der Waals surface area contributed by atoms with Crippen molar-refractivity contribution in [3.8, 4) is 22.1 Å². The highest BCUT2D eigenvalue weighted by Crippen LogP contribution is 2.33. The van der Waals surface area contributed by atoms with E-state index in [4.69, 9.17) is 9.47 Å². The third-order valence-corrected chi connectivity index (χ3v) is 7.08. The minimum absolute atomic E-state index is 0.0396. The number of likely N-dealkylation sites (tertiary alicyclic amines) is 1. The first-order valence-electron chi connectivity index (χ1n) is 10.9. The number of piperidine rings is 1. The number of ether oxygens (including phenoxy) is 2. The first kappa shape index (κ1) is 21.4. The van der Waals surface area contributed by atoms with Crippen LogP contribution in [0, 0.1) is 12.8 Å². The first-order chi connectivity index (χ1) is 16.1. The van der Waals surface area contributed by atoms with Crippen molar-refractivity contribution in [3.63, 3.8) is 0 Å². The Hall–Kier alpha value is -3.46. The van der Waals surface area contributed by atoms with Crippen molar-refractivity contribution in [1.29, 1.82) is 0 Å². The van der Waals surface area contributed by atoms with E-state index < -0.39 is 0 Å². The number of nitrogens with zero attached hydrogens (tertiary/aromatic N) is 3. The van der Waals surface area contributed by atoms with E-state index in [1.807, 2.05) is 37.3 Å². The number of fused-ring (bicyclic) bond motifs is 1. The van der Waals surface area contributed by atoms with E-state index in [0.29, 0.717) is 36.0 Å². The molecule has 8 nitrogen and oxygen atoms in total. The Morgan fingerprint density at radius 3 is 2.97 bits per heavy atom. The Bertz CT molecular complexity index is 1180. The number of pyridine rings is 1. The Balaban J connectivity index is 1.22. The van der Waals surface area contributed by atoms with Crippen LogP contribution >= 0.6 is 11.3 Å². The number of hydrogen-bond donors (Lipinski definition) is 1. The molecule has 0 aliphatic carbocycles. The lowest BCUT2D eigenvalue weighted by atomic mass is 9.96. The van der Waals surface area contributed by atoms with Gasteiger partial charge < -0.3 is 19.7 Å². The monoisotopic (exact) mass is 464 g/mol. The number of nitrogens with one attached hydrogen (secondary N) is 1. The third kappa shape index (κ3) is 4.54. The molecule has 1 saturated heterocycles. The van der Waals surface area contributed by atoms with E-state index in [1.165, 1.54) is 11.3 Å². The predicted molar refractivity (Wildman–Crippen MR) is 123 cm³/mol. The van der Waals surface area contributed by atoms with Gasteiger partial charge in [-0.1, -0.05) is 6.07 Å². The summed E-state index contributed by atoms with van der Waals surface area (Å²) in [6.45, 7) is 3.53. The highest BCUT2D eigenvalue weighted by atomic mass is 32.1. The molecule has 9 heteroatoms. The molecular weight excluding hydrogens is 440 g/mol. The van der Waals surface area contributed by atoms with Gasteiger partial charge in [0.1, 0.15) is 9.88 Å². The summed E-state index contributed by atoms with van der Waals surface area (Å²) in [7, 11) is 0. The van der Waals surface area contributed by atoms with Gasteiger partial charge >= 0.3 is 0 Å². The van der Waals surface area contributed by atoms with Gasteiger partial charge in [-0.25, -0.2) is 4.98 Å². The maximum atomic E-state index is 13.2. The molecule has 2 aliphatic heterocycles. The zero-order chi connectivity index (χ0) is 22.8. The molecule has 4 heterocycles. The van der Waals surface area contributed by atoms with Crippen LogP contribution in [-0.4, -0.2) is 46.6 Å². The van der Waals surface area contributed by atoms with Crippen molar-refractivity contribution in [3.05, 3.63) is 58.9 Å². The first-order valence-corrected chi connectivity index (χ1v) is 11.7. The smallest absolute Gasteiger partial charge is 0.265 e. The summed E-state index contributed by atoms with van der Waals surface area (Å²) in [4.78, 5) is 37.2.